The molecule has 0 bridgehead atoms. The summed E-state index contributed by atoms with van der Waals surface area (Å²) in [7, 11) is 2.03. The lowest BCUT2D eigenvalue weighted by atomic mass is 9.99. The Morgan fingerprint density at radius 1 is 1.40 bits per heavy atom. The molecule has 0 aliphatic heterocycles. The second-order valence-corrected chi connectivity index (χ2v) is 4.07. The molecule has 0 saturated carbocycles. The van der Waals surface area contributed by atoms with E-state index in [1.54, 1.807) is 0 Å². The molecule has 1 rings (SSSR count). The van der Waals surface area contributed by atoms with Crippen LogP contribution in [0.5, 0.6) is 0 Å². The average Bonchev–Trinajstić information content (AvgIpc) is 2.26. The number of aryl methyl sites for hydroxylation is 1. The van der Waals surface area contributed by atoms with Crippen molar-refractivity contribution in [1.29, 1.82) is 0 Å². The molecule has 0 fully saturated rings. The Labute approximate surface area is 93.1 Å². The highest BCUT2D eigenvalue weighted by molar-refractivity contribution is 5.24. The first-order valence-electron chi connectivity index (χ1n) is 5.87. The van der Waals surface area contributed by atoms with E-state index in [1.165, 1.54) is 36.8 Å². The average molecular weight is 206 g/mol. The summed E-state index contributed by atoms with van der Waals surface area (Å²) in [5, 5.41) is 3.38. The van der Waals surface area contributed by atoms with Crippen LogP contribution in [-0.2, 0) is 0 Å². The van der Waals surface area contributed by atoms with E-state index in [-0.39, 0.29) is 0 Å². The summed E-state index contributed by atoms with van der Waals surface area (Å²) >= 11 is 0. The Bertz CT molecular complexity index is 284. The van der Waals surface area contributed by atoms with Crippen LogP contribution >= 0.6 is 0 Å². The van der Waals surface area contributed by atoms with Gasteiger partial charge in [0.2, 0.25) is 0 Å². The second-order valence-electron chi connectivity index (χ2n) is 4.07. The fourth-order valence-electron chi connectivity index (χ4n) is 1.89. The monoisotopic (exact) mass is 206 g/mol. The Morgan fingerprint density at radius 3 is 2.80 bits per heavy atom. The third kappa shape index (κ3) is 3.63. The van der Waals surface area contributed by atoms with Gasteiger partial charge < -0.3 is 5.32 Å². The minimum Gasteiger partial charge on any atom is -0.313 e. The molecular formula is C13H22N2. The minimum absolute atomic E-state index is 0.463. The number of aromatic nitrogens is 1. The van der Waals surface area contributed by atoms with Crippen molar-refractivity contribution in [2.75, 3.05) is 7.05 Å². The van der Waals surface area contributed by atoms with Crippen LogP contribution in [0, 0.1) is 6.92 Å². The fraction of sp³-hybridized carbons (Fsp3) is 0.615. The maximum Gasteiger partial charge on any atom is 0.0335 e. The lowest BCUT2D eigenvalue weighted by Gasteiger charge is -2.18. The summed E-state index contributed by atoms with van der Waals surface area (Å²) < 4.78 is 0. The molecule has 2 nitrogen and oxygen atoms in total. The molecule has 15 heavy (non-hydrogen) atoms. The van der Waals surface area contributed by atoms with Crippen molar-refractivity contribution in [3.8, 4) is 0 Å². The van der Waals surface area contributed by atoms with Gasteiger partial charge in [-0.3, -0.25) is 4.98 Å². The zero-order valence-corrected chi connectivity index (χ0v) is 10.1. The van der Waals surface area contributed by atoms with Crippen LogP contribution in [0.25, 0.3) is 0 Å². The molecule has 0 saturated heterocycles. The Morgan fingerprint density at radius 2 is 2.20 bits per heavy atom. The van der Waals surface area contributed by atoms with E-state index >= 15 is 0 Å². The molecule has 1 aromatic heterocycles. The number of pyridine rings is 1. The quantitative estimate of drug-likeness (QED) is 0.723. The molecule has 0 radical (unpaired) electrons. The first-order chi connectivity index (χ1) is 7.29. The van der Waals surface area contributed by atoms with Gasteiger partial charge in [-0.2, -0.15) is 0 Å². The van der Waals surface area contributed by atoms with E-state index in [0.717, 1.165) is 0 Å². The van der Waals surface area contributed by atoms with E-state index in [1.807, 2.05) is 19.4 Å². The summed E-state index contributed by atoms with van der Waals surface area (Å²) in [6.45, 7) is 4.39. The number of nitrogens with zero attached hydrogens (tertiary/aromatic N) is 1. The third-order valence-electron chi connectivity index (χ3n) is 2.90. The van der Waals surface area contributed by atoms with Gasteiger partial charge in [0.25, 0.3) is 0 Å². The van der Waals surface area contributed by atoms with Gasteiger partial charge in [-0.15, -0.1) is 0 Å². The highest BCUT2D eigenvalue weighted by Crippen LogP contribution is 2.21. The zero-order valence-electron chi connectivity index (χ0n) is 10.1. The number of unbranched alkanes of at least 4 members (excludes halogenated alkanes) is 2. The topological polar surface area (TPSA) is 24.9 Å². The highest BCUT2D eigenvalue weighted by Gasteiger charge is 2.10. The van der Waals surface area contributed by atoms with Crippen LogP contribution < -0.4 is 5.32 Å². The van der Waals surface area contributed by atoms with Crippen molar-refractivity contribution in [3.63, 3.8) is 0 Å². The Hall–Kier alpha value is -0.890. The first-order valence-corrected chi connectivity index (χ1v) is 5.87. The normalized spacial score (nSPS) is 12.7. The van der Waals surface area contributed by atoms with Gasteiger partial charge in [-0.1, -0.05) is 26.2 Å². The summed E-state index contributed by atoms with van der Waals surface area (Å²) in [4.78, 5) is 4.20. The van der Waals surface area contributed by atoms with Gasteiger partial charge in [0.15, 0.2) is 0 Å². The number of hydrogen-bond donors (Lipinski definition) is 1. The van der Waals surface area contributed by atoms with Crippen molar-refractivity contribution in [1.82, 2.24) is 10.3 Å². The molecule has 0 amide bonds. The van der Waals surface area contributed by atoms with Gasteiger partial charge >= 0.3 is 0 Å². The van der Waals surface area contributed by atoms with Crippen LogP contribution in [0.4, 0.5) is 0 Å². The van der Waals surface area contributed by atoms with Crippen molar-refractivity contribution in [2.45, 2.75) is 45.6 Å². The van der Waals surface area contributed by atoms with Gasteiger partial charge in [-0.05, 0) is 37.6 Å². The van der Waals surface area contributed by atoms with Gasteiger partial charge in [0.1, 0.15) is 0 Å². The fourth-order valence-corrected chi connectivity index (χ4v) is 1.89. The predicted octanol–water partition coefficient (Wildman–Crippen LogP) is 3.23. The summed E-state index contributed by atoms with van der Waals surface area (Å²) in [5.74, 6) is 0. The molecule has 1 unspecified atom stereocenters. The van der Waals surface area contributed by atoms with Crippen LogP contribution in [-0.4, -0.2) is 12.0 Å². The van der Waals surface area contributed by atoms with E-state index < -0.39 is 0 Å². The summed E-state index contributed by atoms with van der Waals surface area (Å²) in [5.41, 5.74) is 2.68. The smallest absolute Gasteiger partial charge is 0.0335 e. The van der Waals surface area contributed by atoms with Crippen molar-refractivity contribution in [2.24, 2.45) is 0 Å². The van der Waals surface area contributed by atoms with Gasteiger partial charge in [-0.25, -0.2) is 0 Å². The zero-order chi connectivity index (χ0) is 11.1. The number of nitrogens with one attached hydrogen (secondary N) is 1. The van der Waals surface area contributed by atoms with Crippen LogP contribution in [0.1, 0.15) is 49.8 Å². The molecule has 2 heteroatoms. The van der Waals surface area contributed by atoms with Crippen molar-refractivity contribution in [3.05, 3.63) is 29.6 Å². The minimum atomic E-state index is 0.463. The van der Waals surface area contributed by atoms with E-state index in [0.29, 0.717) is 6.04 Å². The Kier molecular flexibility index (Phi) is 5.33. The first kappa shape index (κ1) is 12.2. The molecule has 1 heterocycles. The van der Waals surface area contributed by atoms with Crippen LogP contribution in [0.15, 0.2) is 18.5 Å². The maximum absolute atomic E-state index is 4.20. The SMILES string of the molecule is CCCCCC(NC)c1cnccc1C. The maximum atomic E-state index is 4.20. The molecule has 0 aliphatic carbocycles. The number of rotatable bonds is 6. The van der Waals surface area contributed by atoms with Crippen LogP contribution in [0.2, 0.25) is 0 Å². The standard InChI is InChI=1S/C13H22N2/c1-4-5-6-7-13(14-3)12-10-15-9-8-11(12)2/h8-10,13-14H,4-7H2,1-3H3. The van der Waals surface area contributed by atoms with Crippen LogP contribution in [0.3, 0.4) is 0 Å². The van der Waals surface area contributed by atoms with E-state index in [4.69, 9.17) is 0 Å². The van der Waals surface area contributed by atoms with Gasteiger partial charge in [0.05, 0.1) is 0 Å². The lowest BCUT2D eigenvalue weighted by molar-refractivity contribution is 0.509. The Balaban J connectivity index is 2.61. The molecule has 0 spiro atoms. The molecular weight excluding hydrogens is 184 g/mol. The molecule has 1 atom stereocenters. The second kappa shape index (κ2) is 6.57. The summed E-state index contributed by atoms with van der Waals surface area (Å²) in [6, 6.07) is 2.55. The largest absolute Gasteiger partial charge is 0.313 e. The van der Waals surface area contributed by atoms with E-state index in [9.17, 15) is 0 Å². The van der Waals surface area contributed by atoms with E-state index in [2.05, 4.69) is 30.2 Å². The molecule has 0 aliphatic rings. The summed E-state index contributed by atoms with van der Waals surface area (Å²) in [6.07, 6.45) is 8.94. The third-order valence-corrected chi connectivity index (χ3v) is 2.90. The molecule has 0 aromatic carbocycles. The lowest BCUT2D eigenvalue weighted by Crippen LogP contribution is -2.17. The number of hydrogen-bond acceptors (Lipinski definition) is 2. The molecule has 84 valence electrons. The predicted molar refractivity (Wildman–Crippen MR) is 64.9 cm³/mol. The highest BCUT2D eigenvalue weighted by atomic mass is 14.9. The van der Waals surface area contributed by atoms with Crippen molar-refractivity contribution >= 4 is 0 Å². The molecule has 1 aromatic rings. The van der Waals surface area contributed by atoms with Gasteiger partial charge in [0, 0.05) is 18.4 Å². The molecule has 1 N–H and O–H groups in total. The van der Waals surface area contributed by atoms with Crippen molar-refractivity contribution < 1.29 is 0 Å².